The molecule has 2 rings (SSSR count). The fourth-order valence-corrected chi connectivity index (χ4v) is 1.80. The predicted octanol–water partition coefficient (Wildman–Crippen LogP) is 1.31. The molecule has 1 saturated heterocycles. The van der Waals surface area contributed by atoms with Gasteiger partial charge in [-0.15, -0.1) is 0 Å². The summed E-state index contributed by atoms with van der Waals surface area (Å²) >= 11 is 0. The van der Waals surface area contributed by atoms with Crippen LogP contribution < -0.4 is 5.32 Å². The molecule has 1 aliphatic rings. The van der Waals surface area contributed by atoms with E-state index < -0.39 is 6.10 Å². The van der Waals surface area contributed by atoms with E-state index in [0.29, 0.717) is 18.7 Å². The number of halogens is 1. The Morgan fingerprint density at radius 1 is 1.50 bits per heavy atom. The van der Waals surface area contributed by atoms with Crippen LogP contribution in [0.25, 0.3) is 0 Å². The molecule has 0 amide bonds. The van der Waals surface area contributed by atoms with Crippen LogP contribution in [0.5, 0.6) is 0 Å². The van der Waals surface area contributed by atoms with Gasteiger partial charge in [-0.25, -0.2) is 4.39 Å². The summed E-state index contributed by atoms with van der Waals surface area (Å²) in [5.41, 5.74) is 1.12. The average molecular weight is 223 g/mol. The van der Waals surface area contributed by atoms with Gasteiger partial charge in [0.2, 0.25) is 0 Å². The third-order valence-electron chi connectivity index (χ3n) is 2.55. The van der Waals surface area contributed by atoms with Crippen LogP contribution >= 0.6 is 0 Å². The van der Waals surface area contributed by atoms with Gasteiger partial charge in [-0.2, -0.15) is 0 Å². The number of rotatable bonds is 2. The van der Waals surface area contributed by atoms with Crippen molar-refractivity contribution in [2.45, 2.75) is 13.0 Å². The van der Waals surface area contributed by atoms with Crippen molar-refractivity contribution in [2.24, 2.45) is 0 Å². The number of benzene rings is 1. The highest BCUT2D eigenvalue weighted by Gasteiger charge is 2.23. The van der Waals surface area contributed by atoms with Crippen LogP contribution in [0.4, 0.5) is 4.39 Å². The third kappa shape index (κ3) is 2.46. The van der Waals surface area contributed by atoms with Crippen LogP contribution in [-0.2, 0) is 4.74 Å². The Bertz CT molecular complexity index is 380. The van der Waals surface area contributed by atoms with Crippen molar-refractivity contribution in [3.05, 3.63) is 35.1 Å². The van der Waals surface area contributed by atoms with Crippen molar-refractivity contribution in [3.63, 3.8) is 0 Å². The SMILES string of the molecule is Cc1cc(F)cc(C(=O)C2CNCCO2)c1. The first kappa shape index (κ1) is 11.2. The van der Waals surface area contributed by atoms with Gasteiger partial charge >= 0.3 is 0 Å². The number of ether oxygens (including phenoxy) is 1. The number of hydrogen-bond acceptors (Lipinski definition) is 3. The van der Waals surface area contributed by atoms with Gasteiger partial charge in [0.15, 0.2) is 5.78 Å². The maximum absolute atomic E-state index is 13.1. The van der Waals surface area contributed by atoms with E-state index in [1.807, 2.05) is 0 Å². The molecule has 0 saturated carbocycles. The lowest BCUT2D eigenvalue weighted by Gasteiger charge is -2.22. The maximum Gasteiger partial charge on any atom is 0.192 e. The number of aryl methyl sites for hydroxylation is 1. The molecule has 1 aromatic carbocycles. The van der Waals surface area contributed by atoms with Crippen LogP contribution in [0.2, 0.25) is 0 Å². The Morgan fingerprint density at radius 2 is 2.31 bits per heavy atom. The molecule has 1 N–H and O–H groups in total. The third-order valence-corrected chi connectivity index (χ3v) is 2.55. The minimum absolute atomic E-state index is 0.158. The van der Waals surface area contributed by atoms with Crippen LogP contribution in [0.1, 0.15) is 15.9 Å². The summed E-state index contributed by atoms with van der Waals surface area (Å²) in [4.78, 5) is 12.0. The fourth-order valence-electron chi connectivity index (χ4n) is 1.80. The van der Waals surface area contributed by atoms with Crippen LogP contribution in [0.15, 0.2) is 18.2 Å². The topological polar surface area (TPSA) is 38.3 Å². The highest BCUT2D eigenvalue weighted by molar-refractivity contribution is 5.99. The average Bonchev–Trinajstić information content (AvgIpc) is 2.28. The Labute approximate surface area is 93.6 Å². The lowest BCUT2D eigenvalue weighted by molar-refractivity contribution is 0.0269. The largest absolute Gasteiger partial charge is 0.367 e. The van der Waals surface area contributed by atoms with Gasteiger partial charge < -0.3 is 10.1 Å². The molecular weight excluding hydrogens is 209 g/mol. The van der Waals surface area contributed by atoms with E-state index in [1.54, 1.807) is 13.0 Å². The first-order valence-corrected chi connectivity index (χ1v) is 5.30. The lowest BCUT2D eigenvalue weighted by atomic mass is 10.0. The second-order valence-corrected chi connectivity index (χ2v) is 3.95. The zero-order chi connectivity index (χ0) is 11.5. The molecule has 1 heterocycles. The molecule has 4 heteroatoms. The molecular formula is C12H14FNO2. The molecule has 1 aromatic rings. The zero-order valence-corrected chi connectivity index (χ0v) is 9.13. The molecule has 0 aromatic heterocycles. The first-order valence-electron chi connectivity index (χ1n) is 5.30. The first-order chi connectivity index (χ1) is 7.66. The van der Waals surface area contributed by atoms with Crippen LogP contribution in [0.3, 0.4) is 0 Å². The summed E-state index contributed by atoms with van der Waals surface area (Å²) in [6, 6.07) is 4.34. The smallest absolute Gasteiger partial charge is 0.192 e. The predicted molar refractivity (Wildman–Crippen MR) is 58.1 cm³/mol. The lowest BCUT2D eigenvalue weighted by Crippen LogP contribution is -2.43. The molecule has 1 aliphatic heterocycles. The van der Waals surface area contributed by atoms with Crippen molar-refractivity contribution in [2.75, 3.05) is 19.7 Å². The minimum Gasteiger partial charge on any atom is -0.367 e. The molecule has 0 bridgehead atoms. The van der Waals surface area contributed by atoms with E-state index in [-0.39, 0.29) is 11.6 Å². The monoisotopic (exact) mass is 223 g/mol. The molecule has 86 valence electrons. The summed E-state index contributed by atoms with van der Waals surface area (Å²) in [5.74, 6) is -0.540. The fraction of sp³-hybridized carbons (Fsp3) is 0.417. The van der Waals surface area contributed by atoms with E-state index in [4.69, 9.17) is 4.74 Å². The molecule has 1 fully saturated rings. The van der Waals surface area contributed by atoms with Gasteiger partial charge in [-0.1, -0.05) is 0 Å². The van der Waals surface area contributed by atoms with Crippen molar-refractivity contribution < 1.29 is 13.9 Å². The number of Topliss-reactive ketones (excluding diaryl/α,β-unsaturated/α-hetero) is 1. The molecule has 0 aliphatic carbocycles. The van der Waals surface area contributed by atoms with Gasteiger partial charge in [0.05, 0.1) is 6.61 Å². The molecule has 3 nitrogen and oxygen atoms in total. The van der Waals surface area contributed by atoms with E-state index in [0.717, 1.165) is 12.1 Å². The van der Waals surface area contributed by atoms with Gasteiger partial charge in [0.25, 0.3) is 0 Å². The Hall–Kier alpha value is -1.26. The van der Waals surface area contributed by atoms with Crippen LogP contribution in [0, 0.1) is 12.7 Å². The Morgan fingerprint density at radius 3 is 2.94 bits per heavy atom. The summed E-state index contributed by atoms with van der Waals surface area (Å²) in [7, 11) is 0. The molecule has 1 atom stereocenters. The van der Waals surface area contributed by atoms with Crippen LogP contribution in [-0.4, -0.2) is 31.6 Å². The highest BCUT2D eigenvalue weighted by atomic mass is 19.1. The summed E-state index contributed by atoms with van der Waals surface area (Å²) in [6.07, 6.45) is -0.491. The van der Waals surface area contributed by atoms with Crippen molar-refractivity contribution in [1.82, 2.24) is 5.32 Å². The van der Waals surface area contributed by atoms with Gasteiger partial charge in [0.1, 0.15) is 11.9 Å². The molecule has 1 unspecified atom stereocenters. The molecule has 0 spiro atoms. The van der Waals surface area contributed by atoms with Crippen molar-refractivity contribution >= 4 is 5.78 Å². The van der Waals surface area contributed by atoms with E-state index in [1.165, 1.54) is 12.1 Å². The maximum atomic E-state index is 13.1. The van der Waals surface area contributed by atoms with E-state index >= 15 is 0 Å². The van der Waals surface area contributed by atoms with E-state index in [9.17, 15) is 9.18 Å². The highest BCUT2D eigenvalue weighted by Crippen LogP contribution is 2.12. The quantitative estimate of drug-likeness (QED) is 0.768. The van der Waals surface area contributed by atoms with Gasteiger partial charge in [0, 0.05) is 18.7 Å². The minimum atomic E-state index is -0.491. The molecule has 0 radical (unpaired) electrons. The second-order valence-electron chi connectivity index (χ2n) is 3.95. The summed E-state index contributed by atoms with van der Waals surface area (Å²) in [6.45, 7) is 3.53. The molecule has 16 heavy (non-hydrogen) atoms. The number of nitrogens with one attached hydrogen (secondary N) is 1. The zero-order valence-electron chi connectivity index (χ0n) is 9.13. The number of ketones is 1. The number of carbonyl (C=O) groups is 1. The normalized spacial score (nSPS) is 20.8. The van der Waals surface area contributed by atoms with Crippen molar-refractivity contribution in [1.29, 1.82) is 0 Å². The van der Waals surface area contributed by atoms with E-state index in [2.05, 4.69) is 5.32 Å². The standard InChI is InChI=1S/C12H14FNO2/c1-8-4-9(6-10(13)5-8)12(15)11-7-14-2-3-16-11/h4-6,11,14H,2-3,7H2,1H3. The van der Waals surface area contributed by atoms with Crippen molar-refractivity contribution in [3.8, 4) is 0 Å². The van der Waals surface area contributed by atoms with Gasteiger partial charge in [-0.3, -0.25) is 4.79 Å². The second kappa shape index (κ2) is 4.72. The number of carbonyl (C=O) groups excluding carboxylic acids is 1. The van der Waals surface area contributed by atoms with Gasteiger partial charge in [-0.05, 0) is 30.7 Å². The summed E-state index contributed by atoms with van der Waals surface area (Å²) in [5, 5.41) is 3.08. The Balaban J connectivity index is 2.19. The number of hydrogen-bond donors (Lipinski definition) is 1. The number of morpholine rings is 1. The summed E-state index contributed by atoms with van der Waals surface area (Å²) < 4.78 is 18.5. The Kier molecular flexibility index (Phi) is 3.31.